The van der Waals surface area contributed by atoms with Crippen LogP contribution >= 0.6 is 11.6 Å². The Balaban J connectivity index is 1.78. The molecule has 0 saturated heterocycles. The minimum absolute atomic E-state index is 0.0186. The summed E-state index contributed by atoms with van der Waals surface area (Å²) >= 11 is 5.95. The van der Waals surface area contributed by atoms with Gasteiger partial charge in [-0.25, -0.2) is 4.98 Å². The zero-order valence-corrected chi connectivity index (χ0v) is 15.7. The number of para-hydroxylation sites is 1. The molecule has 0 unspecified atom stereocenters. The molecule has 8 heteroatoms. The third-order valence-corrected chi connectivity index (χ3v) is 4.53. The molecule has 0 aliphatic heterocycles. The summed E-state index contributed by atoms with van der Waals surface area (Å²) in [4.78, 5) is 18.2. The SMILES string of the molecule is Cc1cc(=O)[nH]c(N=Nc2c(O)n(Cc3ccc(Cl)cc3)c3ccccc23)n1. The zero-order chi connectivity index (χ0) is 19.7. The predicted molar refractivity (Wildman–Crippen MR) is 108 cm³/mol. The fraction of sp³-hybridized carbons (Fsp3) is 0.100. The Morgan fingerprint density at radius 3 is 2.64 bits per heavy atom. The van der Waals surface area contributed by atoms with Crippen LogP contribution in [0, 0.1) is 6.92 Å². The molecular formula is C20H16ClN5O2. The summed E-state index contributed by atoms with van der Waals surface area (Å²) in [5, 5.41) is 20.4. The van der Waals surface area contributed by atoms with Gasteiger partial charge in [-0.15, -0.1) is 10.2 Å². The smallest absolute Gasteiger partial charge is 0.252 e. The lowest BCUT2D eigenvalue weighted by Gasteiger charge is -2.07. The summed E-state index contributed by atoms with van der Waals surface area (Å²) in [6, 6.07) is 16.3. The molecule has 0 atom stereocenters. The average molecular weight is 394 g/mol. The number of azo groups is 1. The van der Waals surface area contributed by atoms with Gasteiger partial charge in [-0.3, -0.25) is 9.78 Å². The topological polar surface area (TPSA) is 95.6 Å². The summed E-state index contributed by atoms with van der Waals surface area (Å²) in [6.07, 6.45) is 0. The molecule has 2 aromatic carbocycles. The fourth-order valence-corrected chi connectivity index (χ4v) is 3.14. The Hall–Kier alpha value is -3.45. The van der Waals surface area contributed by atoms with Crippen molar-refractivity contribution in [3.05, 3.63) is 81.2 Å². The zero-order valence-electron chi connectivity index (χ0n) is 14.9. The van der Waals surface area contributed by atoms with Crippen molar-refractivity contribution in [3.8, 4) is 5.88 Å². The minimum Gasteiger partial charge on any atom is -0.493 e. The number of nitrogens with zero attached hydrogens (tertiary/aromatic N) is 4. The van der Waals surface area contributed by atoms with Gasteiger partial charge in [0.1, 0.15) is 0 Å². The first-order valence-corrected chi connectivity index (χ1v) is 8.93. The Kier molecular flexibility index (Phi) is 4.67. The highest BCUT2D eigenvalue weighted by atomic mass is 35.5. The van der Waals surface area contributed by atoms with Crippen molar-refractivity contribution < 1.29 is 5.11 Å². The van der Waals surface area contributed by atoms with Gasteiger partial charge in [0.2, 0.25) is 11.8 Å². The van der Waals surface area contributed by atoms with E-state index in [1.807, 2.05) is 36.4 Å². The number of hydrogen-bond donors (Lipinski definition) is 2. The molecule has 2 heterocycles. The average Bonchev–Trinajstić information content (AvgIpc) is 2.93. The van der Waals surface area contributed by atoms with E-state index in [2.05, 4.69) is 20.2 Å². The van der Waals surface area contributed by atoms with Crippen molar-refractivity contribution in [2.75, 3.05) is 0 Å². The second-order valence-electron chi connectivity index (χ2n) is 6.31. The molecule has 28 heavy (non-hydrogen) atoms. The molecule has 0 bridgehead atoms. The minimum atomic E-state index is -0.309. The van der Waals surface area contributed by atoms with Crippen LogP contribution in [0.25, 0.3) is 10.9 Å². The van der Waals surface area contributed by atoms with Crippen molar-refractivity contribution in [3.63, 3.8) is 0 Å². The van der Waals surface area contributed by atoms with Crippen molar-refractivity contribution in [1.29, 1.82) is 0 Å². The van der Waals surface area contributed by atoms with Crippen LogP contribution in [0.2, 0.25) is 5.02 Å². The van der Waals surface area contributed by atoms with E-state index in [0.717, 1.165) is 16.5 Å². The van der Waals surface area contributed by atoms with Gasteiger partial charge in [0, 0.05) is 22.2 Å². The molecule has 4 rings (SSSR count). The molecule has 2 N–H and O–H groups in total. The summed E-state index contributed by atoms with van der Waals surface area (Å²) in [5.74, 6) is 0.0637. The number of fused-ring (bicyclic) bond motifs is 1. The highest BCUT2D eigenvalue weighted by molar-refractivity contribution is 6.30. The van der Waals surface area contributed by atoms with Gasteiger partial charge in [-0.05, 0) is 30.7 Å². The Morgan fingerprint density at radius 1 is 1.14 bits per heavy atom. The Labute approximate surface area is 165 Å². The number of benzene rings is 2. The van der Waals surface area contributed by atoms with Crippen molar-refractivity contribution in [2.24, 2.45) is 10.2 Å². The van der Waals surface area contributed by atoms with E-state index < -0.39 is 0 Å². The number of halogens is 1. The number of aryl methyl sites for hydroxylation is 1. The van der Waals surface area contributed by atoms with Gasteiger partial charge >= 0.3 is 0 Å². The van der Waals surface area contributed by atoms with E-state index in [-0.39, 0.29) is 17.4 Å². The van der Waals surface area contributed by atoms with E-state index in [1.165, 1.54) is 6.07 Å². The van der Waals surface area contributed by atoms with Crippen LogP contribution in [-0.2, 0) is 6.54 Å². The number of aromatic amines is 1. The van der Waals surface area contributed by atoms with Gasteiger partial charge in [0.25, 0.3) is 5.56 Å². The largest absolute Gasteiger partial charge is 0.493 e. The number of rotatable bonds is 4. The van der Waals surface area contributed by atoms with E-state index >= 15 is 0 Å². The molecule has 0 amide bonds. The highest BCUT2D eigenvalue weighted by Gasteiger charge is 2.16. The van der Waals surface area contributed by atoms with E-state index in [1.54, 1.807) is 23.6 Å². The molecule has 0 spiro atoms. The van der Waals surface area contributed by atoms with Gasteiger partial charge in [0.15, 0.2) is 5.69 Å². The first kappa shape index (κ1) is 17.9. The lowest BCUT2D eigenvalue weighted by atomic mass is 10.2. The van der Waals surface area contributed by atoms with Crippen LogP contribution in [0.3, 0.4) is 0 Å². The molecule has 0 saturated carbocycles. The third-order valence-electron chi connectivity index (χ3n) is 4.27. The normalized spacial score (nSPS) is 11.5. The Bertz CT molecular complexity index is 1240. The van der Waals surface area contributed by atoms with Crippen molar-refractivity contribution >= 4 is 34.1 Å². The van der Waals surface area contributed by atoms with Crippen LogP contribution in [0.15, 0.2) is 69.6 Å². The third kappa shape index (κ3) is 3.52. The molecule has 0 radical (unpaired) electrons. The molecule has 0 aliphatic carbocycles. The van der Waals surface area contributed by atoms with Crippen LogP contribution in [0.5, 0.6) is 5.88 Å². The molecule has 0 fully saturated rings. The molecule has 0 aliphatic rings. The highest BCUT2D eigenvalue weighted by Crippen LogP contribution is 2.39. The monoisotopic (exact) mass is 393 g/mol. The molecule has 4 aromatic rings. The Morgan fingerprint density at radius 2 is 1.89 bits per heavy atom. The maximum absolute atomic E-state index is 11.6. The van der Waals surface area contributed by atoms with Gasteiger partial charge in [0.05, 0.1) is 12.1 Å². The summed E-state index contributed by atoms with van der Waals surface area (Å²) < 4.78 is 1.75. The van der Waals surface area contributed by atoms with Crippen LogP contribution in [-0.4, -0.2) is 19.6 Å². The molecule has 2 aromatic heterocycles. The second-order valence-corrected chi connectivity index (χ2v) is 6.75. The van der Waals surface area contributed by atoms with Crippen LogP contribution < -0.4 is 5.56 Å². The maximum atomic E-state index is 11.6. The number of H-pyrrole nitrogens is 1. The summed E-state index contributed by atoms with van der Waals surface area (Å²) in [5.41, 5.74) is 2.33. The van der Waals surface area contributed by atoms with Gasteiger partial charge in [-0.2, -0.15) is 0 Å². The molecule has 7 nitrogen and oxygen atoms in total. The van der Waals surface area contributed by atoms with Crippen molar-refractivity contribution in [2.45, 2.75) is 13.5 Å². The van der Waals surface area contributed by atoms with Gasteiger partial charge < -0.3 is 9.67 Å². The number of hydrogen-bond acceptors (Lipinski definition) is 5. The first-order valence-electron chi connectivity index (χ1n) is 8.55. The van der Waals surface area contributed by atoms with Gasteiger partial charge in [-0.1, -0.05) is 41.9 Å². The number of aromatic hydroxyl groups is 1. The first-order chi connectivity index (χ1) is 13.5. The lowest BCUT2D eigenvalue weighted by Crippen LogP contribution is -2.05. The quantitative estimate of drug-likeness (QED) is 0.485. The fourth-order valence-electron chi connectivity index (χ4n) is 3.01. The lowest BCUT2D eigenvalue weighted by molar-refractivity contribution is 0.429. The number of aromatic nitrogens is 3. The number of nitrogens with one attached hydrogen (secondary N) is 1. The summed E-state index contributed by atoms with van der Waals surface area (Å²) in [7, 11) is 0. The summed E-state index contributed by atoms with van der Waals surface area (Å²) in [6.45, 7) is 2.14. The predicted octanol–water partition coefficient (Wildman–Crippen LogP) is 4.86. The second kappa shape index (κ2) is 7.28. The molecule has 140 valence electrons. The van der Waals surface area contributed by atoms with Crippen LogP contribution in [0.4, 0.5) is 11.6 Å². The van der Waals surface area contributed by atoms with Crippen molar-refractivity contribution in [1.82, 2.24) is 14.5 Å². The van der Waals surface area contributed by atoms with E-state index in [0.29, 0.717) is 22.9 Å². The standard InChI is InChI=1S/C20H16ClN5O2/c1-12-10-17(27)23-20(22-12)25-24-18-15-4-2-3-5-16(15)26(19(18)28)11-13-6-8-14(21)9-7-13/h2-10,28H,11H2,1H3,(H,22,23,27). The maximum Gasteiger partial charge on any atom is 0.252 e. The molecular weight excluding hydrogens is 378 g/mol. The van der Waals surface area contributed by atoms with E-state index in [9.17, 15) is 9.90 Å². The van der Waals surface area contributed by atoms with Crippen LogP contribution in [0.1, 0.15) is 11.3 Å². The van der Waals surface area contributed by atoms with E-state index in [4.69, 9.17) is 11.6 Å².